The highest BCUT2D eigenvalue weighted by molar-refractivity contribution is 6.19. The molecule has 55 heavy (non-hydrogen) atoms. The third kappa shape index (κ3) is 4.95. The molecule has 262 valence electrons. The van der Waals surface area contributed by atoms with Crippen molar-refractivity contribution in [1.29, 1.82) is 0 Å². The van der Waals surface area contributed by atoms with E-state index in [1.165, 1.54) is 50.0 Å². The van der Waals surface area contributed by atoms with Gasteiger partial charge in [-0.25, -0.2) is 0 Å². The number of fused-ring (bicyclic) bond motifs is 9. The van der Waals surface area contributed by atoms with Gasteiger partial charge in [-0.05, 0) is 104 Å². The monoisotopic (exact) mass is 705 g/mol. The van der Waals surface area contributed by atoms with Crippen molar-refractivity contribution in [2.24, 2.45) is 5.92 Å². The molecule has 2 heteroatoms. The summed E-state index contributed by atoms with van der Waals surface area (Å²) in [5, 5.41) is 4.61. The van der Waals surface area contributed by atoms with Crippen molar-refractivity contribution in [3.05, 3.63) is 204 Å². The zero-order chi connectivity index (χ0) is 36.7. The van der Waals surface area contributed by atoms with E-state index in [2.05, 4.69) is 201 Å². The second kappa shape index (κ2) is 12.2. The summed E-state index contributed by atoms with van der Waals surface area (Å²) < 4.78 is 6.62. The number of hydrogen-bond donors (Lipinski definition) is 0. The van der Waals surface area contributed by atoms with Crippen molar-refractivity contribution in [3.63, 3.8) is 0 Å². The standard InChI is InChI=1S/C53H39NO/c1-53(2)47-24-8-7-21-44(47)45-23-11-25-48(51(45)53)54(40-18-9-16-37(32-40)38-28-27-34-13-3-4-15-36(34)31-38)41-19-10-17-39(33-41)42-22-12-26-49-50(42)46-30-29-35-14-5-6-20-43(35)52(46)55-49/h3-30,32-33,36H,31H2,1-2H3. The number of anilines is 3. The van der Waals surface area contributed by atoms with Crippen LogP contribution in [-0.4, -0.2) is 0 Å². The maximum Gasteiger partial charge on any atom is 0.143 e. The minimum atomic E-state index is -0.187. The summed E-state index contributed by atoms with van der Waals surface area (Å²) in [5.41, 5.74) is 16.8. The fourth-order valence-electron chi connectivity index (χ4n) is 9.56. The summed E-state index contributed by atoms with van der Waals surface area (Å²) in [4.78, 5) is 2.49. The minimum absolute atomic E-state index is 0.187. The quantitative estimate of drug-likeness (QED) is 0.177. The zero-order valence-corrected chi connectivity index (χ0v) is 31.0. The van der Waals surface area contributed by atoms with Gasteiger partial charge < -0.3 is 9.32 Å². The van der Waals surface area contributed by atoms with Crippen molar-refractivity contribution < 1.29 is 4.42 Å². The Bertz CT molecular complexity index is 3000. The van der Waals surface area contributed by atoms with Crippen LogP contribution in [0.25, 0.3) is 60.5 Å². The molecular formula is C53H39NO. The Hall–Kier alpha value is -6.64. The Labute approximate surface area is 321 Å². The number of rotatable bonds is 5. The van der Waals surface area contributed by atoms with Crippen LogP contribution >= 0.6 is 0 Å². The van der Waals surface area contributed by atoms with Crippen LogP contribution in [0.4, 0.5) is 17.1 Å². The van der Waals surface area contributed by atoms with E-state index in [9.17, 15) is 0 Å². The third-order valence-electron chi connectivity index (χ3n) is 12.2. The lowest BCUT2D eigenvalue weighted by atomic mass is 9.81. The number of allylic oxidation sites excluding steroid dienone is 8. The van der Waals surface area contributed by atoms with Gasteiger partial charge in [0.05, 0.1) is 5.69 Å². The lowest BCUT2D eigenvalue weighted by molar-refractivity contribution is 0.661. The molecule has 3 aliphatic carbocycles. The lowest BCUT2D eigenvalue weighted by Crippen LogP contribution is -2.20. The third-order valence-corrected chi connectivity index (χ3v) is 12.2. The normalized spacial score (nSPS) is 16.5. The van der Waals surface area contributed by atoms with Crippen LogP contribution in [0.5, 0.6) is 0 Å². The van der Waals surface area contributed by atoms with Crippen LogP contribution in [0.15, 0.2) is 192 Å². The first-order valence-corrected chi connectivity index (χ1v) is 19.4. The molecule has 1 heterocycles. The van der Waals surface area contributed by atoms with Gasteiger partial charge >= 0.3 is 0 Å². The highest BCUT2D eigenvalue weighted by Gasteiger charge is 2.38. The number of hydrogen-bond acceptors (Lipinski definition) is 2. The Kier molecular flexibility index (Phi) is 7.06. The summed E-state index contributed by atoms with van der Waals surface area (Å²) in [5.74, 6) is 0.415. The van der Waals surface area contributed by atoms with Crippen LogP contribution in [-0.2, 0) is 5.41 Å². The summed E-state index contributed by atoms with van der Waals surface area (Å²) in [7, 11) is 0. The molecule has 1 unspecified atom stereocenters. The summed E-state index contributed by atoms with van der Waals surface area (Å²) in [6.45, 7) is 4.76. The van der Waals surface area contributed by atoms with Crippen molar-refractivity contribution in [1.82, 2.24) is 0 Å². The Morgan fingerprint density at radius 3 is 2.27 bits per heavy atom. The first-order valence-electron chi connectivity index (χ1n) is 19.4. The lowest BCUT2D eigenvalue weighted by Gasteiger charge is -2.33. The van der Waals surface area contributed by atoms with E-state index in [0.717, 1.165) is 56.2 Å². The van der Waals surface area contributed by atoms with Gasteiger partial charge in [-0.15, -0.1) is 0 Å². The van der Waals surface area contributed by atoms with Crippen LogP contribution in [0, 0.1) is 5.92 Å². The van der Waals surface area contributed by atoms with E-state index >= 15 is 0 Å². The van der Waals surface area contributed by atoms with Gasteiger partial charge in [0.1, 0.15) is 11.2 Å². The van der Waals surface area contributed by atoms with Gasteiger partial charge in [-0.1, -0.05) is 153 Å². The molecule has 0 aliphatic heterocycles. The van der Waals surface area contributed by atoms with Gasteiger partial charge in [0.25, 0.3) is 0 Å². The van der Waals surface area contributed by atoms with E-state index in [-0.39, 0.29) is 5.41 Å². The first-order chi connectivity index (χ1) is 27.0. The molecule has 3 aliphatic rings. The fraction of sp³-hybridized carbons (Fsp3) is 0.0943. The maximum absolute atomic E-state index is 6.62. The van der Waals surface area contributed by atoms with Gasteiger partial charge in [-0.3, -0.25) is 0 Å². The molecule has 0 saturated heterocycles. The largest absolute Gasteiger partial charge is 0.455 e. The Balaban J connectivity index is 1.11. The van der Waals surface area contributed by atoms with Crippen LogP contribution in [0.1, 0.15) is 37.0 Å². The van der Waals surface area contributed by atoms with E-state index in [0.29, 0.717) is 5.92 Å². The highest BCUT2D eigenvalue weighted by atomic mass is 16.3. The summed E-state index contributed by atoms with van der Waals surface area (Å²) in [6, 6.07) is 53.4. The smallest absolute Gasteiger partial charge is 0.143 e. The van der Waals surface area contributed by atoms with E-state index in [1.807, 2.05) is 0 Å². The van der Waals surface area contributed by atoms with Crippen molar-refractivity contribution >= 4 is 55.3 Å². The van der Waals surface area contributed by atoms with Crippen LogP contribution in [0.2, 0.25) is 0 Å². The summed E-state index contributed by atoms with van der Waals surface area (Å²) >= 11 is 0. The van der Waals surface area contributed by atoms with Crippen molar-refractivity contribution in [3.8, 4) is 22.3 Å². The molecule has 0 saturated carbocycles. The molecule has 2 nitrogen and oxygen atoms in total. The highest BCUT2D eigenvalue weighted by Crippen LogP contribution is 2.54. The van der Waals surface area contributed by atoms with E-state index in [4.69, 9.17) is 4.42 Å². The molecule has 0 bridgehead atoms. The van der Waals surface area contributed by atoms with Crippen LogP contribution in [0.3, 0.4) is 0 Å². The average molecular weight is 706 g/mol. The topological polar surface area (TPSA) is 16.4 Å². The zero-order valence-electron chi connectivity index (χ0n) is 31.0. The fourth-order valence-corrected chi connectivity index (χ4v) is 9.56. The molecule has 7 aromatic carbocycles. The first kappa shape index (κ1) is 31.8. The molecule has 0 fully saturated rings. The Morgan fingerprint density at radius 2 is 1.36 bits per heavy atom. The molecule has 1 atom stereocenters. The molecule has 1 aromatic heterocycles. The SMILES string of the molecule is CC1(C)c2ccccc2-c2cccc(N(c3cccc(C4=CC=C5C=CC=CC5C4)c3)c3cccc(-c4cccc5oc6c7ccccc7ccc6c45)c3)c21. The molecule has 0 spiro atoms. The average Bonchev–Trinajstić information content (AvgIpc) is 3.74. The van der Waals surface area contributed by atoms with Gasteiger partial charge in [-0.2, -0.15) is 0 Å². The number of nitrogens with zero attached hydrogens (tertiary/aromatic N) is 1. The minimum Gasteiger partial charge on any atom is -0.455 e. The van der Waals surface area contributed by atoms with Crippen molar-refractivity contribution in [2.75, 3.05) is 4.90 Å². The van der Waals surface area contributed by atoms with Crippen LogP contribution < -0.4 is 4.90 Å². The predicted octanol–water partition coefficient (Wildman–Crippen LogP) is 14.6. The Morgan fingerprint density at radius 1 is 0.618 bits per heavy atom. The number of benzene rings is 7. The molecule has 0 amide bonds. The number of furan rings is 1. The molecular weight excluding hydrogens is 667 g/mol. The molecule has 8 aromatic rings. The molecule has 11 rings (SSSR count). The van der Waals surface area contributed by atoms with Gasteiger partial charge in [0.2, 0.25) is 0 Å². The van der Waals surface area contributed by atoms with Crippen molar-refractivity contribution in [2.45, 2.75) is 25.7 Å². The molecule has 0 radical (unpaired) electrons. The second-order valence-corrected chi connectivity index (χ2v) is 15.7. The predicted molar refractivity (Wildman–Crippen MR) is 231 cm³/mol. The summed E-state index contributed by atoms with van der Waals surface area (Å²) in [6.07, 6.45) is 14.5. The van der Waals surface area contributed by atoms with E-state index < -0.39 is 0 Å². The molecule has 0 N–H and O–H groups in total. The maximum atomic E-state index is 6.62. The second-order valence-electron chi connectivity index (χ2n) is 15.7. The van der Waals surface area contributed by atoms with E-state index in [1.54, 1.807) is 0 Å². The van der Waals surface area contributed by atoms with Gasteiger partial charge in [0, 0.05) is 38.9 Å². The van der Waals surface area contributed by atoms with Gasteiger partial charge in [0.15, 0.2) is 0 Å².